The zero-order chi connectivity index (χ0) is 14.2. The number of carbonyl (C=O) groups is 1. The Labute approximate surface area is 127 Å². The number of piperazine rings is 1. The van der Waals surface area contributed by atoms with E-state index in [0.717, 1.165) is 24.1 Å². The van der Waals surface area contributed by atoms with Crippen molar-refractivity contribution in [3.63, 3.8) is 0 Å². The maximum Gasteiger partial charge on any atom is 0.254 e. The molecule has 0 saturated carbocycles. The minimum Gasteiger partial charge on any atom is -0.336 e. The van der Waals surface area contributed by atoms with E-state index in [0.29, 0.717) is 10.6 Å². The van der Waals surface area contributed by atoms with Gasteiger partial charge in [-0.05, 0) is 55.0 Å². The molecule has 1 aromatic rings. The van der Waals surface area contributed by atoms with Crippen LogP contribution < -0.4 is 0 Å². The Morgan fingerprint density at radius 3 is 2.63 bits per heavy atom. The first-order valence-electron chi connectivity index (χ1n) is 6.27. The molecule has 0 spiro atoms. The highest BCUT2D eigenvalue weighted by Gasteiger charge is 2.33. The lowest BCUT2D eigenvalue weighted by Gasteiger charge is -2.45. The van der Waals surface area contributed by atoms with E-state index >= 15 is 0 Å². The van der Waals surface area contributed by atoms with E-state index < -0.39 is 0 Å². The van der Waals surface area contributed by atoms with E-state index in [1.807, 2.05) is 17.0 Å². The van der Waals surface area contributed by atoms with Gasteiger partial charge in [-0.25, -0.2) is 0 Å². The predicted molar refractivity (Wildman–Crippen MR) is 81.8 cm³/mol. The molecule has 0 bridgehead atoms. The van der Waals surface area contributed by atoms with Crippen LogP contribution in [-0.4, -0.2) is 47.9 Å². The van der Waals surface area contributed by atoms with Gasteiger partial charge in [0.15, 0.2) is 0 Å². The van der Waals surface area contributed by atoms with E-state index in [9.17, 15) is 4.79 Å². The summed E-state index contributed by atoms with van der Waals surface area (Å²) < 4.78 is 0.810. The van der Waals surface area contributed by atoms with E-state index in [-0.39, 0.29) is 11.4 Å². The predicted octanol–water partition coefficient (Wildman–Crippen LogP) is 3.27. The second kappa shape index (κ2) is 5.43. The molecule has 0 N–H and O–H groups in total. The zero-order valence-electron chi connectivity index (χ0n) is 11.4. The van der Waals surface area contributed by atoms with Crippen molar-refractivity contribution in [2.75, 3.05) is 26.7 Å². The zero-order valence-corrected chi connectivity index (χ0v) is 13.8. The Morgan fingerprint density at radius 2 is 2.05 bits per heavy atom. The highest BCUT2D eigenvalue weighted by atomic mass is 79.9. The van der Waals surface area contributed by atoms with Gasteiger partial charge in [0, 0.05) is 35.2 Å². The Morgan fingerprint density at radius 1 is 1.37 bits per heavy atom. The van der Waals surface area contributed by atoms with Crippen LogP contribution >= 0.6 is 27.5 Å². The Bertz CT molecular complexity index is 504. The number of hydrogen-bond acceptors (Lipinski definition) is 2. The molecule has 0 aliphatic carbocycles. The van der Waals surface area contributed by atoms with E-state index in [2.05, 4.69) is 41.7 Å². The van der Waals surface area contributed by atoms with E-state index in [1.54, 1.807) is 6.07 Å². The third-order valence-corrected chi connectivity index (χ3v) is 5.00. The number of halogens is 2. The molecule has 1 heterocycles. The highest BCUT2D eigenvalue weighted by molar-refractivity contribution is 9.10. The van der Waals surface area contributed by atoms with Crippen LogP contribution in [-0.2, 0) is 0 Å². The first kappa shape index (κ1) is 14.8. The van der Waals surface area contributed by atoms with E-state index in [4.69, 9.17) is 11.6 Å². The monoisotopic (exact) mass is 344 g/mol. The quantitative estimate of drug-likeness (QED) is 0.780. The number of likely N-dealkylation sites (N-methyl/N-ethyl adjacent to an activating group) is 1. The molecule has 1 aliphatic heterocycles. The molecule has 0 atom stereocenters. The molecule has 1 aliphatic rings. The number of amides is 1. The number of nitrogens with zero attached hydrogens (tertiary/aromatic N) is 2. The molecule has 3 nitrogen and oxygen atoms in total. The molecule has 0 unspecified atom stereocenters. The van der Waals surface area contributed by atoms with Crippen molar-refractivity contribution in [1.29, 1.82) is 0 Å². The fourth-order valence-electron chi connectivity index (χ4n) is 2.23. The summed E-state index contributed by atoms with van der Waals surface area (Å²) in [5.41, 5.74) is 0.654. The molecule has 1 amide bonds. The second-order valence-corrected chi connectivity index (χ2v) is 6.85. The third-order valence-electron chi connectivity index (χ3n) is 3.77. The number of carbonyl (C=O) groups excluding carboxylic acids is 1. The van der Waals surface area contributed by atoms with Gasteiger partial charge in [0.1, 0.15) is 0 Å². The minimum atomic E-state index is 0.00701. The van der Waals surface area contributed by atoms with Gasteiger partial charge < -0.3 is 4.90 Å². The van der Waals surface area contributed by atoms with Crippen molar-refractivity contribution >= 4 is 33.4 Å². The van der Waals surface area contributed by atoms with Crippen LogP contribution in [0.1, 0.15) is 24.2 Å². The van der Waals surface area contributed by atoms with E-state index in [1.165, 1.54) is 0 Å². The lowest BCUT2D eigenvalue weighted by atomic mass is 9.99. The summed E-state index contributed by atoms with van der Waals surface area (Å²) in [6, 6.07) is 5.35. The summed E-state index contributed by atoms with van der Waals surface area (Å²) >= 11 is 9.39. The van der Waals surface area contributed by atoms with Gasteiger partial charge in [-0.15, -0.1) is 0 Å². The van der Waals surface area contributed by atoms with Crippen LogP contribution in [0.4, 0.5) is 0 Å². The molecule has 0 radical (unpaired) electrons. The fourth-order valence-corrected chi connectivity index (χ4v) is 2.65. The van der Waals surface area contributed by atoms with Crippen LogP contribution in [0.2, 0.25) is 5.02 Å². The lowest BCUT2D eigenvalue weighted by Crippen LogP contribution is -2.58. The van der Waals surface area contributed by atoms with Gasteiger partial charge in [0.25, 0.3) is 5.91 Å². The summed E-state index contributed by atoms with van der Waals surface area (Å²) in [6.07, 6.45) is 0. The van der Waals surface area contributed by atoms with Crippen molar-refractivity contribution in [1.82, 2.24) is 9.80 Å². The molecular formula is C14H18BrClN2O. The molecule has 104 valence electrons. The standard InChI is InChI=1S/C14H18BrClN2O/c1-14(2)9-18(7-6-17(14)3)13(19)10-4-5-11(15)12(16)8-10/h4-5,8H,6-7,9H2,1-3H3. The van der Waals surface area contributed by atoms with Gasteiger partial charge in [0.2, 0.25) is 0 Å². The SMILES string of the molecule is CN1CCN(C(=O)c2ccc(Br)c(Cl)c2)CC1(C)C. The minimum absolute atomic E-state index is 0.00701. The summed E-state index contributed by atoms with van der Waals surface area (Å²) in [5, 5.41) is 0.569. The Kier molecular flexibility index (Phi) is 4.23. The third kappa shape index (κ3) is 3.12. The highest BCUT2D eigenvalue weighted by Crippen LogP contribution is 2.25. The Hall–Kier alpha value is -0.580. The van der Waals surface area contributed by atoms with Gasteiger partial charge in [-0.2, -0.15) is 0 Å². The van der Waals surface area contributed by atoms with Gasteiger partial charge >= 0.3 is 0 Å². The van der Waals surface area contributed by atoms with Crippen LogP contribution in [0.3, 0.4) is 0 Å². The summed E-state index contributed by atoms with van der Waals surface area (Å²) in [7, 11) is 2.10. The summed E-state index contributed by atoms with van der Waals surface area (Å²) in [5.74, 6) is 0.0515. The molecule has 1 saturated heterocycles. The van der Waals surface area contributed by atoms with Crippen molar-refractivity contribution in [2.24, 2.45) is 0 Å². The van der Waals surface area contributed by atoms with Gasteiger partial charge in [-0.1, -0.05) is 11.6 Å². The van der Waals surface area contributed by atoms with Crippen molar-refractivity contribution in [3.05, 3.63) is 33.3 Å². The van der Waals surface area contributed by atoms with Crippen LogP contribution in [0.15, 0.2) is 22.7 Å². The van der Waals surface area contributed by atoms with Crippen LogP contribution in [0.5, 0.6) is 0 Å². The Balaban J connectivity index is 2.18. The summed E-state index contributed by atoms with van der Waals surface area (Å²) in [4.78, 5) is 16.7. The summed E-state index contributed by atoms with van der Waals surface area (Å²) in [6.45, 7) is 6.69. The van der Waals surface area contributed by atoms with Gasteiger partial charge in [-0.3, -0.25) is 9.69 Å². The average Bonchev–Trinajstić information content (AvgIpc) is 2.35. The van der Waals surface area contributed by atoms with Crippen molar-refractivity contribution < 1.29 is 4.79 Å². The smallest absolute Gasteiger partial charge is 0.254 e. The molecule has 0 aromatic heterocycles. The number of benzene rings is 1. The average molecular weight is 346 g/mol. The second-order valence-electron chi connectivity index (χ2n) is 5.59. The van der Waals surface area contributed by atoms with Crippen LogP contribution in [0, 0.1) is 0 Å². The number of rotatable bonds is 1. The fraction of sp³-hybridized carbons (Fsp3) is 0.500. The molecule has 19 heavy (non-hydrogen) atoms. The van der Waals surface area contributed by atoms with Crippen molar-refractivity contribution in [2.45, 2.75) is 19.4 Å². The van der Waals surface area contributed by atoms with Crippen molar-refractivity contribution in [3.8, 4) is 0 Å². The molecule has 5 heteroatoms. The first-order valence-corrected chi connectivity index (χ1v) is 7.44. The first-order chi connectivity index (χ1) is 8.81. The molecule has 1 aromatic carbocycles. The molecule has 2 rings (SSSR count). The maximum absolute atomic E-state index is 12.5. The topological polar surface area (TPSA) is 23.6 Å². The van der Waals surface area contributed by atoms with Crippen LogP contribution in [0.25, 0.3) is 0 Å². The maximum atomic E-state index is 12.5. The van der Waals surface area contributed by atoms with Gasteiger partial charge in [0.05, 0.1) is 5.02 Å². The molecular weight excluding hydrogens is 328 g/mol. The number of hydrogen-bond donors (Lipinski definition) is 0. The normalized spacial score (nSPS) is 19.5. The molecule has 1 fully saturated rings. The largest absolute Gasteiger partial charge is 0.336 e. The lowest BCUT2D eigenvalue weighted by molar-refractivity contribution is 0.0311.